The zero-order valence-electron chi connectivity index (χ0n) is 12.2. The first-order valence-electron chi connectivity index (χ1n) is 6.88. The molecule has 0 saturated carbocycles. The Morgan fingerprint density at radius 1 is 1.04 bits per heavy atom. The van der Waals surface area contributed by atoms with E-state index in [2.05, 4.69) is 5.32 Å². The number of para-hydroxylation sites is 1. The van der Waals surface area contributed by atoms with Crippen molar-refractivity contribution in [3.8, 4) is 0 Å². The monoisotopic (exact) mass is 369 g/mol. The molecule has 7 heteroatoms. The number of anilines is 1. The minimum Gasteiger partial charge on any atom is -0.325 e. The molecule has 0 heterocycles. The number of sulfone groups is 1. The SMILES string of the molecule is O=C(CSCCS(=O)(=O)c1ccc(Cl)cc1)Nc1ccccc1. The number of nitrogens with one attached hydrogen (secondary N) is 1. The van der Waals surface area contributed by atoms with Crippen molar-refractivity contribution in [2.24, 2.45) is 0 Å². The highest BCUT2D eigenvalue weighted by atomic mass is 35.5. The van der Waals surface area contributed by atoms with Gasteiger partial charge in [-0.1, -0.05) is 29.8 Å². The lowest BCUT2D eigenvalue weighted by Gasteiger charge is -2.06. The van der Waals surface area contributed by atoms with Crippen molar-refractivity contribution in [1.82, 2.24) is 0 Å². The fourth-order valence-electron chi connectivity index (χ4n) is 1.81. The Hall–Kier alpha value is -1.50. The number of rotatable bonds is 7. The number of carbonyl (C=O) groups excluding carboxylic acids is 1. The second-order valence-corrected chi connectivity index (χ2v) is 8.39. The van der Waals surface area contributed by atoms with Crippen molar-refractivity contribution in [3.05, 3.63) is 59.6 Å². The van der Waals surface area contributed by atoms with E-state index in [1.807, 2.05) is 18.2 Å². The summed E-state index contributed by atoms with van der Waals surface area (Å²) in [5.74, 6) is 0.404. The summed E-state index contributed by atoms with van der Waals surface area (Å²) in [5.41, 5.74) is 0.729. The van der Waals surface area contributed by atoms with Crippen molar-refractivity contribution in [1.29, 1.82) is 0 Å². The van der Waals surface area contributed by atoms with Crippen molar-refractivity contribution >= 4 is 44.8 Å². The van der Waals surface area contributed by atoms with Crippen LogP contribution in [0.15, 0.2) is 59.5 Å². The minimum absolute atomic E-state index is 0.0160. The van der Waals surface area contributed by atoms with Gasteiger partial charge in [0.25, 0.3) is 0 Å². The van der Waals surface area contributed by atoms with Gasteiger partial charge in [0.15, 0.2) is 9.84 Å². The van der Waals surface area contributed by atoms with Gasteiger partial charge < -0.3 is 5.32 Å². The highest BCUT2D eigenvalue weighted by Crippen LogP contribution is 2.16. The average Bonchev–Trinajstić information content (AvgIpc) is 2.53. The smallest absolute Gasteiger partial charge is 0.234 e. The lowest BCUT2D eigenvalue weighted by Crippen LogP contribution is -2.15. The standard InChI is InChI=1S/C16H16ClNO3S2/c17-13-6-8-15(9-7-13)23(20,21)11-10-22-12-16(19)18-14-4-2-1-3-5-14/h1-9H,10-12H2,(H,18,19). The Balaban J connectivity index is 1.76. The Labute approximate surface area is 145 Å². The Morgan fingerprint density at radius 2 is 1.70 bits per heavy atom. The lowest BCUT2D eigenvalue weighted by molar-refractivity contribution is -0.113. The van der Waals surface area contributed by atoms with E-state index in [4.69, 9.17) is 11.6 Å². The van der Waals surface area contributed by atoms with Crippen LogP contribution in [0.25, 0.3) is 0 Å². The summed E-state index contributed by atoms with van der Waals surface area (Å²) in [6, 6.07) is 15.2. The fourth-order valence-corrected chi connectivity index (χ4v) is 4.48. The minimum atomic E-state index is -3.35. The quantitative estimate of drug-likeness (QED) is 0.759. The molecule has 0 atom stereocenters. The van der Waals surface area contributed by atoms with Gasteiger partial charge in [0.05, 0.1) is 16.4 Å². The molecule has 0 aliphatic carbocycles. The second kappa shape index (κ2) is 8.38. The van der Waals surface area contributed by atoms with Crippen LogP contribution in [0.3, 0.4) is 0 Å². The van der Waals surface area contributed by atoms with Gasteiger partial charge in [-0.3, -0.25) is 4.79 Å². The molecular formula is C16H16ClNO3S2. The Bertz CT molecular complexity index is 747. The Morgan fingerprint density at radius 3 is 2.35 bits per heavy atom. The molecule has 4 nitrogen and oxygen atoms in total. The van der Waals surface area contributed by atoms with E-state index >= 15 is 0 Å². The molecule has 0 aromatic heterocycles. The summed E-state index contributed by atoms with van der Waals surface area (Å²) in [6.45, 7) is 0. The molecule has 0 aliphatic rings. The van der Waals surface area contributed by atoms with Crippen molar-refractivity contribution in [3.63, 3.8) is 0 Å². The van der Waals surface area contributed by atoms with Crippen LogP contribution in [0, 0.1) is 0 Å². The largest absolute Gasteiger partial charge is 0.325 e. The summed E-state index contributed by atoms with van der Waals surface area (Å²) in [7, 11) is -3.35. The molecule has 0 spiro atoms. The van der Waals surface area contributed by atoms with E-state index in [1.165, 1.54) is 23.9 Å². The number of hydrogen-bond donors (Lipinski definition) is 1. The third-order valence-electron chi connectivity index (χ3n) is 2.96. The lowest BCUT2D eigenvalue weighted by atomic mass is 10.3. The maximum absolute atomic E-state index is 12.1. The number of thioether (sulfide) groups is 1. The third kappa shape index (κ3) is 5.89. The highest BCUT2D eigenvalue weighted by Gasteiger charge is 2.14. The van der Waals surface area contributed by atoms with Gasteiger partial charge in [-0.25, -0.2) is 8.42 Å². The van der Waals surface area contributed by atoms with Crippen LogP contribution in [0.1, 0.15) is 0 Å². The molecule has 1 N–H and O–H groups in total. The van der Waals surface area contributed by atoms with Gasteiger partial charge in [-0.05, 0) is 36.4 Å². The molecule has 1 amide bonds. The van der Waals surface area contributed by atoms with Crippen LogP contribution in [-0.4, -0.2) is 31.6 Å². The summed E-state index contributed by atoms with van der Waals surface area (Å²) < 4.78 is 24.2. The molecule has 0 unspecified atom stereocenters. The molecule has 0 aliphatic heterocycles. The number of halogens is 1. The molecule has 0 fully saturated rings. The molecule has 2 aromatic carbocycles. The van der Waals surface area contributed by atoms with Crippen LogP contribution < -0.4 is 5.32 Å². The molecule has 0 radical (unpaired) electrons. The van der Waals surface area contributed by atoms with Gasteiger partial charge >= 0.3 is 0 Å². The van der Waals surface area contributed by atoms with E-state index in [9.17, 15) is 13.2 Å². The molecular weight excluding hydrogens is 354 g/mol. The topological polar surface area (TPSA) is 63.2 Å². The first kappa shape index (κ1) is 17.8. The number of hydrogen-bond acceptors (Lipinski definition) is 4. The molecule has 23 heavy (non-hydrogen) atoms. The summed E-state index contributed by atoms with van der Waals surface area (Å²) in [6.07, 6.45) is 0. The summed E-state index contributed by atoms with van der Waals surface area (Å²) in [4.78, 5) is 12.0. The second-order valence-electron chi connectivity index (χ2n) is 4.74. The molecule has 2 rings (SSSR count). The van der Waals surface area contributed by atoms with Crippen molar-refractivity contribution < 1.29 is 13.2 Å². The Kier molecular flexibility index (Phi) is 6.50. The van der Waals surface area contributed by atoms with Crippen LogP contribution in [-0.2, 0) is 14.6 Å². The van der Waals surface area contributed by atoms with E-state index in [1.54, 1.807) is 24.3 Å². The van der Waals surface area contributed by atoms with Crippen LogP contribution in [0.2, 0.25) is 5.02 Å². The van der Waals surface area contributed by atoms with Gasteiger partial charge in [-0.15, -0.1) is 0 Å². The predicted molar refractivity (Wildman–Crippen MR) is 95.9 cm³/mol. The number of amides is 1. The van der Waals surface area contributed by atoms with Crippen LogP contribution >= 0.6 is 23.4 Å². The summed E-state index contributed by atoms with van der Waals surface area (Å²) >= 11 is 7.03. The van der Waals surface area contributed by atoms with E-state index in [0.717, 1.165) is 5.69 Å². The molecule has 0 bridgehead atoms. The van der Waals surface area contributed by atoms with Crippen LogP contribution in [0.5, 0.6) is 0 Å². The molecule has 2 aromatic rings. The van der Waals surface area contributed by atoms with Gasteiger partial charge in [0.2, 0.25) is 5.91 Å². The molecule has 122 valence electrons. The van der Waals surface area contributed by atoms with E-state index in [0.29, 0.717) is 10.8 Å². The van der Waals surface area contributed by atoms with E-state index < -0.39 is 9.84 Å². The van der Waals surface area contributed by atoms with Crippen molar-refractivity contribution in [2.75, 3.05) is 22.6 Å². The average molecular weight is 370 g/mol. The normalized spacial score (nSPS) is 11.2. The maximum Gasteiger partial charge on any atom is 0.234 e. The number of carbonyl (C=O) groups is 1. The van der Waals surface area contributed by atoms with Gasteiger partial charge in [-0.2, -0.15) is 11.8 Å². The first-order valence-corrected chi connectivity index (χ1v) is 10.1. The fraction of sp³-hybridized carbons (Fsp3) is 0.188. The number of benzene rings is 2. The highest BCUT2D eigenvalue weighted by molar-refractivity contribution is 8.01. The first-order chi connectivity index (χ1) is 11.0. The third-order valence-corrected chi connectivity index (χ3v) is 6.16. The zero-order chi connectivity index (χ0) is 16.7. The van der Waals surface area contributed by atoms with E-state index in [-0.39, 0.29) is 22.3 Å². The summed E-state index contributed by atoms with van der Waals surface area (Å²) in [5, 5.41) is 3.25. The zero-order valence-corrected chi connectivity index (χ0v) is 14.6. The van der Waals surface area contributed by atoms with Crippen LogP contribution in [0.4, 0.5) is 5.69 Å². The molecule has 0 saturated heterocycles. The van der Waals surface area contributed by atoms with Gasteiger partial charge in [0.1, 0.15) is 0 Å². The predicted octanol–water partition coefficient (Wildman–Crippen LogP) is 3.49. The van der Waals surface area contributed by atoms with Gasteiger partial charge in [0, 0.05) is 16.5 Å². The van der Waals surface area contributed by atoms with Crippen molar-refractivity contribution in [2.45, 2.75) is 4.90 Å². The maximum atomic E-state index is 12.1.